The van der Waals surface area contributed by atoms with Crippen molar-refractivity contribution in [1.82, 2.24) is 14.9 Å². The third-order valence-corrected chi connectivity index (χ3v) is 5.96. The molecule has 0 bridgehead atoms. The van der Waals surface area contributed by atoms with Crippen molar-refractivity contribution in [3.63, 3.8) is 0 Å². The van der Waals surface area contributed by atoms with E-state index in [2.05, 4.69) is 15.3 Å². The summed E-state index contributed by atoms with van der Waals surface area (Å²) in [4.78, 5) is 22.7. The van der Waals surface area contributed by atoms with Crippen molar-refractivity contribution in [2.24, 2.45) is 5.92 Å². The highest BCUT2D eigenvalue weighted by Crippen LogP contribution is 2.30. The van der Waals surface area contributed by atoms with Crippen molar-refractivity contribution in [3.8, 4) is 10.4 Å². The molecule has 2 N–H and O–H groups in total. The molecule has 1 atom stereocenters. The van der Waals surface area contributed by atoms with Crippen LogP contribution in [0.5, 0.6) is 0 Å². The number of hydrogen-bond acceptors (Lipinski definition) is 7. The summed E-state index contributed by atoms with van der Waals surface area (Å²) in [5, 5.41) is 13.0. The Kier molecular flexibility index (Phi) is 6.86. The molecule has 0 radical (unpaired) electrons. The molecule has 1 saturated heterocycles. The number of ether oxygens (including phenoxy) is 1. The smallest absolute Gasteiger partial charge is 0.317 e. The van der Waals surface area contributed by atoms with E-state index in [0.717, 1.165) is 22.4 Å². The number of aliphatic carboxylic acids is 1. The summed E-state index contributed by atoms with van der Waals surface area (Å²) in [5.74, 6) is -0.186. The van der Waals surface area contributed by atoms with E-state index < -0.39 is 5.97 Å². The summed E-state index contributed by atoms with van der Waals surface area (Å²) >= 11 is 1.47. The minimum Gasteiger partial charge on any atom is -0.480 e. The Balaban J connectivity index is 1.40. The minimum absolute atomic E-state index is 0.0312. The third kappa shape index (κ3) is 6.06. The molecule has 1 fully saturated rings. The number of pyridine rings is 1. The maximum Gasteiger partial charge on any atom is 0.317 e. The van der Waals surface area contributed by atoms with Crippen molar-refractivity contribution in [1.29, 1.82) is 0 Å². The Bertz CT molecular complexity index is 1030. The van der Waals surface area contributed by atoms with Crippen LogP contribution < -0.4 is 5.32 Å². The van der Waals surface area contributed by atoms with Crippen LogP contribution in [0.15, 0.2) is 48.8 Å². The van der Waals surface area contributed by atoms with Gasteiger partial charge in [0, 0.05) is 25.5 Å². The van der Waals surface area contributed by atoms with Gasteiger partial charge < -0.3 is 15.2 Å². The van der Waals surface area contributed by atoms with Crippen molar-refractivity contribution in [2.45, 2.75) is 6.42 Å². The molecule has 0 spiro atoms. The maximum atomic E-state index is 13.1. The van der Waals surface area contributed by atoms with Gasteiger partial charge in [-0.25, -0.2) is 14.4 Å². The molecule has 3 heterocycles. The van der Waals surface area contributed by atoms with Crippen molar-refractivity contribution < 1.29 is 19.0 Å². The van der Waals surface area contributed by atoms with E-state index in [9.17, 15) is 9.18 Å². The quantitative estimate of drug-likeness (QED) is 0.577. The number of rotatable bonds is 7. The molecular weight excluding hydrogens is 419 g/mol. The molecule has 1 aliphatic rings. The normalized spacial score (nSPS) is 17.3. The maximum absolute atomic E-state index is 13.1. The number of carboxylic acid groups (broad SMARTS) is 1. The topological polar surface area (TPSA) is 87.6 Å². The predicted octanol–water partition coefficient (Wildman–Crippen LogP) is 3.66. The van der Waals surface area contributed by atoms with Crippen molar-refractivity contribution >= 4 is 28.3 Å². The number of anilines is 2. The van der Waals surface area contributed by atoms with Crippen LogP contribution in [-0.2, 0) is 16.0 Å². The highest BCUT2D eigenvalue weighted by molar-refractivity contribution is 7.18. The first-order valence-corrected chi connectivity index (χ1v) is 10.8. The first-order chi connectivity index (χ1) is 15.0. The van der Waals surface area contributed by atoms with E-state index >= 15 is 0 Å². The number of benzene rings is 1. The second kappa shape index (κ2) is 9.95. The van der Waals surface area contributed by atoms with Gasteiger partial charge in [-0.15, -0.1) is 0 Å². The van der Waals surface area contributed by atoms with Crippen LogP contribution in [0.4, 0.5) is 15.3 Å². The zero-order valence-corrected chi connectivity index (χ0v) is 17.6. The Morgan fingerprint density at radius 1 is 1.29 bits per heavy atom. The lowest BCUT2D eigenvalue weighted by molar-refractivity contribution is -0.138. The van der Waals surface area contributed by atoms with Crippen LogP contribution in [0.1, 0.15) is 5.56 Å². The van der Waals surface area contributed by atoms with Gasteiger partial charge in [-0.1, -0.05) is 23.5 Å². The van der Waals surface area contributed by atoms with Gasteiger partial charge in [0.2, 0.25) is 0 Å². The highest BCUT2D eigenvalue weighted by atomic mass is 32.1. The molecule has 7 nitrogen and oxygen atoms in total. The number of halogens is 1. The van der Waals surface area contributed by atoms with Crippen LogP contribution >= 0.6 is 11.3 Å². The Labute approximate surface area is 183 Å². The SMILES string of the molecule is O=C(O)CN1CCOCC(Cc2ccnc(Nc3ncc(-c4ccc(F)cc4)s3)c2)C1. The molecular formula is C22H23FN4O3S. The van der Waals surface area contributed by atoms with Crippen molar-refractivity contribution in [3.05, 3.63) is 60.2 Å². The fourth-order valence-corrected chi connectivity index (χ4v) is 4.43. The van der Waals surface area contributed by atoms with E-state index in [-0.39, 0.29) is 18.3 Å². The zero-order chi connectivity index (χ0) is 21.6. The van der Waals surface area contributed by atoms with Gasteiger partial charge in [0.05, 0.1) is 24.6 Å². The summed E-state index contributed by atoms with van der Waals surface area (Å²) in [6, 6.07) is 10.3. The van der Waals surface area contributed by atoms with Crippen LogP contribution in [0.2, 0.25) is 0 Å². The molecule has 2 aromatic heterocycles. The van der Waals surface area contributed by atoms with Crippen LogP contribution in [0.25, 0.3) is 10.4 Å². The number of carboxylic acids is 1. The largest absolute Gasteiger partial charge is 0.480 e. The summed E-state index contributed by atoms with van der Waals surface area (Å²) in [7, 11) is 0. The number of nitrogens with zero attached hydrogens (tertiary/aromatic N) is 3. The lowest BCUT2D eigenvalue weighted by Crippen LogP contribution is -2.35. The fourth-order valence-electron chi connectivity index (χ4n) is 3.60. The zero-order valence-electron chi connectivity index (χ0n) is 16.8. The molecule has 4 rings (SSSR count). The average Bonchev–Trinajstić information content (AvgIpc) is 3.09. The molecule has 1 aromatic carbocycles. The van der Waals surface area contributed by atoms with Gasteiger partial charge in [0.15, 0.2) is 5.13 Å². The van der Waals surface area contributed by atoms with E-state index in [1.54, 1.807) is 24.5 Å². The fraction of sp³-hybridized carbons (Fsp3) is 0.318. The molecule has 31 heavy (non-hydrogen) atoms. The van der Waals surface area contributed by atoms with Gasteiger partial charge in [-0.3, -0.25) is 9.69 Å². The number of thiazole rings is 1. The number of aromatic nitrogens is 2. The molecule has 3 aromatic rings. The third-order valence-electron chi connectivity index (χ3n) is 5.00. The monoisotopic (exact) mass is 442 g/mol. The summed E-state index contributed by atoms with van der Waals surface area (Å²) in [6.45, 7) is 2.50. The lowest BCUT2D eigenvalue weighted by atomic mass is 10.0. The number of hydrogen-bond donors (Lipinski definition) is 2. The molecule has 0 saturated carbocycles. The van der Waals surface area contributed by atoms with Gasteiger partial charge >= 0.3 is 5.97 Å². The van der Waals surface area contributed by atoms with Gasteiger partial charge in [0.1, 0.15) is 11.6 Å². The molecule has 9 heteroatoms. The summed E-state index contributed by atoms with van der Waals surface area (Å²) in [5.41, 5.74) is 2.01. The second-order valence-corrected chi connectivity index (χ2v) is 8.52. The summed E-state index contributed by atoms with van der Waals surface area (Å²) < 4.78 is 18.8. The Morgan fingerprint density at radius 2 is 2.13 bits per heavy atom. The molecule has 0 amide bonds. The standard InChI is InChI=1S/C22H23FN4O3S/c23-18-3-1-17(2-4-18)19-11-25-22(31-19)26-20-10-15(5-6-24-20)9-16-12-27(13-21(28)29)7-8-30-14-16/h1-6,10-11,16H,7-9,12-14H2,(H,28,29)(H,24,25,26). The van der Waals surface area contributed by atoms with E-state index in [1.807, 2.05) is 17.0 Å². The average molecular weight is 443 g/mol. The van der Waals surface area contributed by atoms with Gasteiger partial charge in [0.25, 0.3) is 0 Å². The van der Waals surface area contributed by atoms with Crippen LogP contribution in [0, 0.1) is 11.7 Å². The number of nitrogens with one attached hydrogen (secondary N) is 1. The van der Waals surface area contributed by atoms with Crippen LogP contribution in [-0.4, -0.2) is 58.8 Å². The first kappa shape index (κ1) is 21.4. The lowest BCUT2D eigenvalue weighted by Gasteiger charge is -2.21. The molecule has 1 aliphatic heterocycles. The minimum atomic E-state index is -0.820. The summed E-state index contributed by atoms with van der Waals surface area (Å²) in [6.07, 6.45) is 4.27. The van der Waals surface area contributed by atoms with Gasteiger partial charge in [-0.2, -0.15) is 0 Å². The van der Waals surface area contributed by atoms with E-state index in [1.165, 1.54) is 23.5 Å². The van der Waals surface area contributed by atoms with E-state index in [4.69, 9.17) is 9.84 Å². The number of carbonyl (C=O) groups is 1. The first-order valence-electron chi connectivity index (χ1n) is 10.0. The van der Waals surface area contributed by atoms with Crippen LogP contribution in [0.3, 0.4) is 0 Å². The molecule has 0 aliphatic carbocycles. The highest BCUT2D eigenvalue weighted by Gasteiger charge is 2.21. The van der Waals surface area contributed by atoms with Crippen molar-refractivity contribution in [2.75, 3.05) is 38.2 Å². The molecule has 1 unspecified atom stereocenters. The van der Waals surface area contributed by atoms with Gasteiger partial charge in [-0.05, 0) is 47.7 Å². The second-order valence-electron chi connectivity index (χ2n) is 7.48. The Morgan fingerprint density at radius 3 is 2.94 bits per heavy atom. The molecule has 162 valence electrons. The van der Waals surface area contributed by atoms with E-state index in [0.29, 0.717) is 37.3 Å². The Hall–Kier alpha value is -2.88. The predicted molar refractivity (Wildman–Crippen MR) is 117 cm³/mol.